The Morgan fingerprint density at radius 3 is 2.80 bits per heavy atom. The molecule has 1 aliphatic carbocycles. The van der Waals surface area contributed by atoms with Crippen LogP contribution in [0.25, 0.3) is 0 Å². The average Bonchev–Trinajstić information content (AvgIpc) is 3.22. The average molecular weight is 354 g/mol. The highest BCUT2D eigenvalue weighted by molar-refractivity contribution is 7.14. The van der Waals surface area contributed by atoms with Gasteiger partial charge in [0.25, 0.3) is 5.91 Å². The third-order valence-electron chi connectivity index (χ3n) is 4.95. The van der Waals surface area contributed by atoms with E-state index < -0.39 is 0 Å². The van der Waals surface area contributed by atoms with E-state index in [-0.39, 0.29) is 11.8 Å². The number of amides is 2. The van der Waals surface area contributed by atoms with Crippen molar-refractivity contribution in [3.05, 3.63) is 51.2 Å². The van der Waals surface area contributed by atoms with Gasteiger partial charge < -0.3 is 10.2 Å². The van der Waals surface area contributed by atoms with Crippen LogP contribution in [-0.2, 0) is 24.2 Å². The lowest BCUT2D eigenvalue weighted by atomic mass is 9.99. The highest BCUT2D eigenvalue weighted by Gasteiger charge is 2.20. The molecule has 0 unspecified atom stereocenters. The van der Waals surface area contributed by atoms with Crippen molar-refractivity contribution in [1.82, 2.24) is 4.90 Å². The first-order chi connectivity index (χ1) is 12.2. The van der Waals surface area contributed by atoms with Crippen molar-refractivity contribution in [1.29, 1.82) is 0 Å². The lowest BCUT2D eigenvalue weighted by Gasteiger charge is -2.16. The van der Waals surface area contributed by atoms with E-state index in [0.29, 0.717) is 13.0 Å². The Morgan fingerprint density at radius 2 is 2.00 bits per heavy atom. The zero-order chi connectivity index (χ0) is 17.2. The van der Waals surface area contributed by atoms with Crippen LogP contribution in [0.3, 0.4) is 0 Å². The number of hydrogen-bond donors (Lipinski definition) is 1. The third-order valence-corrected chi connectivity index (χ3v) is 6.19. The van der Waals surface area contributed by atoms with Crippen molar-refractivity contribution in [2.75, 3.05) is 11.9 Å². The molecule has 2 heterocycles. The SMILES string of the molecule is O=C(Nc1cccc(CN2CCCC2=O)c1)c1cc2c(s1)CCCC2. The van der Waals surface area contributed by atoms with Crippen LogP contribution in [0.1, 0.15) is 51.4 Å². The molecule has 0 saturated carbocycles. The number of likely N-dealkylation sites (tertiary alicyclic amines) is 1. The summed E-state index contributed by atoms with van der Waals surface area (Å²) in [5.74, 6) is 0.187. The summed E-state index contributed by atoms with van der Waals surface area (Å²) in [4.78, 5) is 28.4. The van der Waals surface area contributed by atoms with Crippen LogP contribution in [0.15, 0.2) is 30.3 Å². The normalized spacial score (nSPS) is 16.8. The Bertz CT molecular complexity index is 788. The van der Waals surface area contributed by atoms with Gasteiger partial charge in [-0.3, -0.25) is 9.59 Å². The first-order valence-corrected chi connectivity index (χ1v) is 9.80. The number of carbonyl (C=O) groups excluding carboxylic acids is 2. The maximum Gasteiger partial charge on any atom is 0.265 e. The molecule has 1 fully saturated rings. The second-order valence-corrected chi connectivity index (χ2v) is 7.98. The van der Waals surface area contributed by atoms with Gasteiger partial charge in [0.05, 0.1) is 4.88 Å². The van der Waals surface area contributed by atoms with Crippen molar-refractivity contribution < 1.29 is 9.59 Å². The number of carbonyl (C=O) groups is 2. The number of nitrogens with one attached hydrogen (secondary N) is 1. The van der Waals surface area contributed by atoms with Crippen molar-refractivity contribution in [2.24, 2.45) is 0 Å². The van der Waals surface area contributed by atoms with Gasteiger partial charge in [-0.15, -0.1) is 11.3 Å². The van der Waals surface area contributed by atoms with Gasteiger partial charge in [-0.2, -0.15) is 0 Å². The molecule has 2 aromatic rings. The van der Waals surface area contributed by atoms with E-state index in [4.69, 9.17) is 0 Å². The molecule has 25 heavy (non-hydrogen) atoms. The largest absolute Gasteiger partial charge is 0.338 e. The lowest BCUT2D eigenvalue weighted by Crippen LogP contribution is -2.23. The summed E-state index contributed by atoms with van der Waals surface area (Å²) in [5.41, 5.74) is 3.20. The molecule has 1 saturated heterocycles. The van der Waals surface area contributed by atoms with Gasteiger partial charge in [-0.1, -0.05) is 12.1 Å². The number of benzene rings is 1. The predicted octanol–water partition coefficient (Wildman–Crippen LogP) is 4.00. The molecule has 5 heteroatoms. The highest BCUT2D eigenvalue weighted by atomic mass is 32.1. The summed E-state index contributed by atoms with van der Waals surface area (Å²) in [6.45, 7) is 1.45. The molecule has 1 N–H and O–H groups in total. The zero-order valence-electron chi connectivity index (χ0n) is 14.2. The molecular weight excluding hydrogens is 332 g/mol. The number of fused-ring (bicyclic) bond motifs is 1. The van der Waals surface area contributed by atoms with E-state index in [1.165, 1.54) is 23.3 Å². The zero-order valence-corrected chi connectivity index (χ0v) is 15.0. The Morgan fingerprint density at radius 1 is 1.12 bits per heavy atom. The summed E-state index contributed by atoms with van der Waals surface area (Å²) < 4.78 is 0. The molecule has 1 aliphatic heterocycles. The highest BCUT2D eigenvalue weighted by Crippen LogP contribution is 2.30. The number of thiophene rings is 1. The van der Waals surface area contributed by atoms with E-state index in [1.807, 2.05) is 29.2 Å². The van der Waals surface area contributed by atoms with Crippen molar-refractivity contribution in [2.45, 2.75) is 45.1 Å². The number of aryl methyl sites for hydroxylation is 2. The minimum absolute atomic E-state index is 0.0335. The van der Waals surface area contributed by atoms with Crippen LogP contribution >= 0.6 is 11.3 Å². The van der Waals surface area contributed by atoms with Crippen molar-refractivity contribution in [3.8, 4) is 0 Å². The van der Waals surface area contributed by atoms with Crippen LogP contribution in [0, 0.1) is 0 Å². The summed E-state index contributed by atoms with van der Waals surface area (Å²) in [5, 5.41) is 3.01. The van der Waals surface area contributed by atoms with Crippen LogP contribution in [0.5, 0.6) is 0 Å². The van der Waals surface area contributed by atoms with E-state index in [2.05, 4.69) is 11.4 Å². The van der Waals surface area contributed by atoms with Gasteiger partial charge in [-0.25, -0.2) is 0 Å². The summed E-state index contributed by atoms with van der Waals surface area (Å²) >= 11 is 1.63. The Hall–Kier alpha value is -2.14. The van der Waals surface area contributed by atoms with Crippen LogP contribution in [0.4, 0.5) is 5.69 Å². The topological polar surface area (TPSA) is 49.4 Å². The maximum absolute atomic E-state index is 12.6. The minimum Gasteiger partial charge on any atom is -0.338 e. The Kier molecular flexibility index (Phi) is 4.57. The van der Waals surface area contributed by atoms with E-state index in [1.54, 1.807) is 11.3 Å². The van der Waals surface area contributed by atoms with Gasteiger partial charge in [0.2, 0.25) is 5.91 Å². The minimum atomic E-state index is -0.0335. The lowest BCUT2D eigenvalue weighted by molar-refractivity contribution is -0.128. The molecule has 2 amide bonds. The third kappa shape index (κ3) is 3.61. The van der Waals surface area contributed by atoms with E-state index >= 15 is 0 Å². The number of hydrogen-bond acceptors (Lipinski definition) is 3. The van der Waals surface area contributed by atoms with E-state index in [0.717, 1.165) is 41.9 Å². The molecule has 1 aromatic heterocycles. The van der Waals surface area contributed by atoms with Gasteiger partial charge in [0.15, 0.2) is 0 Å². The number of anilines is 1. The van der Waals surface area contributed by atoms with Crippen LogP contribution < -0.4 is 5.32 Å². The smallest absolute Gasteiger partial charge is 0.265 e. The standard InChI is InChI=1S/C20H22N2O2S/c23-19-9-4-10-22(19)13-14-5-3-7-16(11-14)21-20(24)18-12-15-6-1-2-8-17(15)25-18/h3,5,7,11-12H,1-2,4,6,8-10,13H2,(H,21,24). The molecule has 4 rings (SSSR count). The fourth-order valence-corrected chi connectivity index (χ4v) is 4.78. The monoisotopic (exact) mass is 354 g/mol. The molecule has 0 radical (unpaired) electrons. The molecular formula is C20H22N2O2S. The summed E-state index contributed by atoms with van der Waals surface area (Å²) in [6, 6.07) is 9.87. The second-order valence-electron chi connectivity index (χ2n) is 6.84. The molecule has 1 aromatic carbocycles. The summed E-state index contributed by atoms with van der Waals surface area (Å²) in [7, 11) is 0. The van der Waals surface area contributed by atoms with Gasteiger partial charge >= 0.3 is 0 Å². The quantitative estimate of drug-likeness (QED) is 0.902. The van der Waals surface area contributed by atoms with Gasteiger partial charge in [0.1, 0.15) is 0 Å². The molecule has 0 bridgehead atoms. The molecule has 0 atom stereocenters. The van der Waals surface area contributed by atoms with E-state index in [9.17, 15) is 9.59 Å². The van der Waals surface area contributed by atoms with Crippen molar-refractivity contribution in [3.63, 3.8) is 0 Å². The Balaban J connectivity index is 1.45. The van der Waals surface area contributed by atoms with Gasteiger partial charge in [-0.05, 0) is 61.4 Å². The number of rotatable bonds is 4. The second kappa shape index (κ2) is 7.00. The molecule has 2 aliphatic rings. The molecule has 0 spiro atoms. The number of nitrogens with zero attached hydrogens (tertiary/aromatic N) is 1. The first-order valence-electron chi connectivity index (χ1n) is 8.99. The first kappa shape index (κ1) is 16.3. The molecule has 130 valence electrons. The maximum atomic E-state index is 12.6. The van der Waals surface area contributed by atoms with Crippen LogP contribution in [0.2, 0.25) is 0 Å². The Labute approximate surface area is 151 Å². The molecule has 4 nitrogen and oxygen atoms in total. The summed E-state index contributed by atoms with van der Waals surface area (Å²) in [6.07, 6.45) is 6.25. The predicted molar refractivity (Wildman–Crippen MR) is 100 cm³/mol. The van der Waals surface area contributed by atoms with Gasteiger partial charge in [0, 0.05) is 30.1 Å². The van der Waals surface area contributed by atoms with Crippen molar-refractivity contribution >= 4 is 28.8 Å². The van der Waals surface area contributed by atoms with Crippen LogP contribution in [-0.4, -0.2) is 23.3 Å². The fourth-order valence-electron chi connectivity index (χ4n) is 3.63. The fraction of sp³-hybridized carbons (Fsp3) is 0.400.